The van der Waals surface area contributed by atoms with E-state index in [1.807, 2.05) is 6.92 Å². The molecule has 1 amide bonds. The molecule has 1 aromatic carbocycles. The van der Waals surface area contributed by atoms with Gasteiger partial charge in [-0.2, -0.15) is 0 Å². The van der Waals surface area contributed by atoms with Gasteiger partial charge in [0.15, 0.2) is 0 Å². The minimum absolute atomic E-state index is 0.0351. The van der Waals surface area contributed by atoms with E-state index in [-0.39, 0.29) is 24.4 Å². The second-order valence-corrected chi connectivity index (χ2v) is 4.54. The van der Waals surface area contributed by atoms with E-state index in [9.17, 15) is 9.18 Å². The summed E-state index contributed by atoms with van der Waals surface area (Å²) in [4.78, 5) is 13.6. The van der Waals surface area contributed by atoms with Crippen molar-refractivity contribution in [2.24, 2.45) is 0 Å². The predicted molar refractivity (Wildman–Crippen MR) is 66.8 cm³/mol. The van der Waals surface area contributed by atoms with Crippen LogP contribution in [0.1, 0.15) is 13.3 Å². The summed E-state index contributed by atoms with van der Waals surface area (Å²) in [5.74, 6) is -0.506. The molecule has 0 radical (unpaired) electrons. The van der Waals surface area contributed by atoms with Crippen LogP contribution in [0, 0.1) is 5.82 Å². The van der Waals surface area contributed by atoms with Crippen molar-refractivity contribution >= 4 is 11.6 Å². The maximum Gasteiger partial charge on any atom is 0.243 e. The van der Waals surface area contributed by atoms with Crippen LogP contribution in [0.25, 0.3) is 0 Å². The van der Waals surface area contributed by atoms with E-state index in [0.29, 0.717) is 18.7 Å². The van der Waals surface area contributed by atoms with Crippen LogP contribution in [-0.2, 0) is 4.79 Å². The van der Waals surface area contributed by atoms with Crippen molar-refractivity contribution in [2.45, 2.75) is 25.4 Å². The first-order valence-corrected chi connectivity index (χ1v) is 6.06. The Morgan fingerprint density at radius 3 is 2.89 bits per heavy atom. The van der Waals surface area contributed by atoms with Crippen LogP contribution in [0.4, 0.5) is 10.1 Å². The van der Waals surface area contributed by atoms with Crippen molar-refractivity contribution in [2.75, 3.05) is 18.1 Å². The number of benzene rings is 1. The van der Waals surface area contributed by atoms with Gasteiger partial charge in [-0.1, -0.05) is 12.1 Å². The third-order valence-corrected chi connectivity index (χ3v) is 3.10. The Bertz CT molecular complexity index is 439. The van der Waals surface area contributed by atoms with Crippen LogP contribution in [0.5, 0.6) is 0 Å². The highest BCUT2D eigenvalue weighted by Gasteiger charge is 2.33. The van der Waals surface area contributed by atoms with Gasteiger partial charge in [-0.15, -0.1) is 0 Å². The number of hydrogen-bond donors (Lipinski definition) is 2. The molecule has 0 aliphatic carbocycles. The Hall–Kier alpha value is -1.62. The minimum Gasteiger partial charge on any atom is -0.396 e. The number of amides is 1. The van der Waals surface area contributed by atoms with Crippen LogP contribution in [0.2, 0.25) is 0 Å². The lowest BCUT2D eigenvalue weighted by Gasteiger charge is -2.39. The van der Waals surface area contributed by atoms with Gasteiger partial charge in [0, 0.05) is 19.2 Å². The molecule has 1 fully saturated rings. The SMILES string of the molecule is CC1CN(c2ccccc2F)C(CCO)C(=O)N1. The number of aliphatic hydroxyl groups is 1. The number of rotatable bonds is 3. The summed E-state index contributed by atoms with van der Waals surface area (Å²) in [6.45, 7) is 2.32. The number of halogens is 1. The lowest BCUT2D eigenvalue weighted by molar-refractivity contribution is -0.124. The molecule has 1 saturated heterocycles. The highest BCUT2D eigenvalue weighted by atomic mass is 19.1. The van der Waals surface area contributed by atoms with E-state index in [2.05, 4.69) is 5.32 Å². The Morgan fingerprint density at radius 1 is 1.50 bits per heavy atom. The molecule has 0 saturated carbocycles. The number of para-hydroxylation sites is 1. The molecule has 5 heteroatoms. The lowest BCUT2D eigenvalue weighted by Crippen LogP contribution is -2.59. The average Bonchev–Trinajstić information content (AvgIpc) is 2.33. The Morgan fingerprint density at radius 2 is 2.22 bits per heavy atom. The number of anilines is 1. The van der Waals surface area contributed by atoms with Crippen molar-refractivity contribution in [1.82, 2.24) is 5.32 Å². The zero-order valence-corrected chi connectivity index (χ0v) is 10.3. The molecule has 2 N–H and O–H groups in total. The number of nitrogens with zero attached hydrogens (tertiary/aromatic N) is 1. The lowest BCUT2D eigenvalue weighted by atomic mass is 10.0. The van der Waals surface area contributed by atoms with Gasteiger partial charge in [-0.3, -0.25) is 4.79 Å². The van der Waals surface area contributed by atoms with Gasteiger partial charge in [0.05, 0.1) is 5.69 Å². The van der Waals surface area contributed by atoms with Crippen molar-refractivity contribution in [3.05, 3.63) is 30.1 Å². The first-order chi connectivity index (χ1) is 8.63. The van der Waals surface area contributed by atoms with E-state index >= 15 is 0 Å². The van der Waals surface area contributed by atoms with E-state index in [1.165, 1.54) is 6.07 Å². The van der Waals surface area contributed by atoms with Gasteiger partial charge in [0.25, 0.3) is 0 Å². The second kappa shape index (κ2) is 5.35. The fourth-order valence-electron chi connectivity index (χ4n) is 2.31. The Labute approximate surface area is 105 Å². The normalized spacial score (nSPS) is 23.9. The van der Waals surface area contributed by atoms with E-state index in [0.717, 1.165) is 0 Å². The minimum atomic E-state index is -0.511. The maximum absolute atomic E-state index is 13.8. The first kappa shape index (κ1) is 12.8. The molecule has 0 spiro atoms. The summed E-state index contributed by atoms with van der Waals surface area (Å²) >= 11 is 0. The van der Waals surface area contributed by atoms with Crippen molar-refractivity contribution in [3.63, 3.8) is 0 Å². The molecule has 1 aliphatic heterocycles. The molecule has 2 unspecified atom stereocenters. The largest absolute Gasteiger partial charge is 0.396 e. The second-order valence-electron chi connectivity index (χ2n) is 4.54. The number of carbonyl (C=O) groups is 1. The average molecular weight is 252 g/mol. The fraction of sp³-hybridized carbons (Fsp3) is 0.462. The monoisotopic (exact) mass is 252 g/mol. The molecule has 4 nitrogen and oxygen atoms in total. The third kappa shape index (κ3) is 2.46. The summed E-state index contributed by atoms with van der Waals surface area (Å²) in [6.07, 6.45) is 0.298. The van der Waals surface area contributed by atoms with E-state index < -0.39 is 6.04 Å². The maximum atomic E-state index is 13.8. The number of nitrogens with one attached hydrogen (secondary N) is 1. The Kier molecular flexibility index (Phi) is 3.81. The van der Waals surface area contributed by atoms with Crippen molar-refractivity contribution in [3.8, 4) is 0 Å². The Balaban J connectivity index is 2.32. The first-order valence-electron chi connectivity index (χ1n) is 6.06. The summed E-state index contributed by atoms with van der Waals surface area (Å²) < 4.78 is 13.8. The zero-order chi connectivity index (χ0) is 13.1. The molecule has 0 bridgehead atoms. The number of piperazine rings is 1. The van der Waals surface area contributed by atoms with Crippen LogP contribution in [0.3, 0.4) is 0 Å². The standard InChI is InChI=1S/C13H17FN2O2/c1-9-8-16(11-5-3-2-4-10(11)14)12(6-7-17)13(18)15-9/h2-5,9,12,17H,6-8H2,1H3,(H,15,18). The van der Waals surface area contributed by atoms with Crippen LogP contribution in [0.15, 0.2) is 24.3 Å². The summed E-state index contributed by atoms with van der Waals surface area (Å²) in [7, 11) is 0. The third-order valence-electron chi connectivity index (χ3n) is 3.10. The van der Waals surface area contributed by atoms with Crippen molar-refractivity contribution in [1.29, 1.82) is 0 Å². The predicted octanol–water partition coefficient (Wildman–Crippen LogP) is 0.901. The van der Waals surface area contributed by atoms with Gasteiger partial charge in [0.2, 0.25) is 5.91 Å². The fourth-order valence-corrected chi connectivity index (χ4v) is 2.31. The number of carbonyl (C=O) groups excluding carboxylic acids is 1. The quantitative estimate of drug-likeness (QED) is 0.840. The van der Waals surface area contributed by atoms with Crippen LogP contribution < -0.4 is 10.2 Å². The molecule has 1 heterocycles. The topological polar surface area (TPSA) is 52.6 Å². The number of hydrogen-bond acceptors (Lipinski definition) is 3. The molecule has 0 aromatic heterocycles. The van der Waals surface area contributed by atoms with Gasteiger partial charge < -0.3 is 15.3 Å². The van der Waals surface area contributed by atoms with Gasteiger partial charge in [0.1, 0.15) is 11.9 Å². The number of aliphatic hydroxyl groups excluding tert-OH is 1. The molecule has 1 aliphatic rings. The molecule has 18 heavy (non-hydrogen) atoms. The van der Waals surface area contributed by atoms with E-state index in [4.69, 9.17) is 5.11 Å². The molecule has 1 aromatic rings. The highest BCUT2D eigenvalue weighted by molar-refractivity contribution is 5.87. The van der Waals surface area contributed by atoms with Gasteiger partial charge >= 0.3 is 0 Å². The summed E-state index contributed by atoms with van der Waals surface area (Å²) in [5, 5.41) is 11.9. The van der Waals surface area contributed by atoms with Crippen molar-refractivity contribution < 1.29 is 14.3 Å². The zero-order valence-electron chi connectivity index (χ0n) is 10.3. The van der Waals surface area contributed by atoms with Gasteiger partial charge in [-0.25, -0.2) is 4.39 Å². The summed E-state index contributed by atoms with van der Waals surface area (Å²) in [5.41, 5.74) is 0.414. The van der Waals surface area contributed by atoms with Crippen LogP contribution in [-0.4, -0.2) is 36.2 Å². The van der Waals surface area contributed by atoms with Gasteiger partial charge in [-0.05, 0) is 25.5 Å². The highest BCUT2D eigenvalue weighted by Crippen LogP contribution is 2.24. The molecule has 2 atom stereocenters. The van der Waals surface area contributed by atoms with Crippen LogP contribution >= 0.6 is 0 Å². The van der Waals surface area contributed by atoms with E-state index in [1.54, 1.807) is 23.1 Å². The summed E-state index contributed by atoms with van der Waals surface area (Å²) in [6, 6.07) is 5.85. The molecule has 98 valence electrons. The molecular formula is C13H17FN2O2. The smallest absolute Gasteiger partial charge is 0.243 e. The molecular weight excluding hydrogens is 235 g/mol. The molecule has 2 rings (SSSR count).